The Bertz CT molecular complexity index is 468. The van der Waals surface area contributed by atoms with Crippen molar-refractivity contribution in [2.45, 2.75) is 25.9 Å². The van der Waals surface area contributed by atoms with E-state index in [9.17, 15) is 9.90 Å². The van der Waals surface area contributed by atoms with E-state index in [1.165, 1.54) is 6.07 Å². The number of hydrogen-bond donors (Lipinski definition) is 2. The fourth-order valence-corrected chi connectivity index (χ4v) is 2.39. The molecule has 1 aliphatic heterocycles. The monoisotopic (exact) mass is 278 g/mol. The third kappa shape index (κ3) is 3.49. The number of ether oxygens (including phenoxy) is 1. The fourth-order valence-electron chi connectivity index (χ4n) is 2.39. The van der Waals surface area contributed by atoms with Crippen molar-refractivity contribution in [2.75, 3.05) is 26.2 Å². The molecule has 0 aliphatic carbocycles. The molecule has 3 N–H and O–H groups in total. The zero-order chi connectivity index (χ0) is 14.5. The van der Waals surface area contributed by atoms with E-state index in [-0.39, 0.29) is 17.8 Å². The maximum Gasteiger partial charge on any atom is 0.253 e. The minimum absolute atomic E-state index is 0.0300. The SMILES string of the molecule is Cc1ccc(C(=O)N2CCC(OCCN)CC2)cc1O. The van der Waals surface area contributed by atoms with Gasteiger partial charge in [0.15, 0.2) is 0 Å². The van der Waals surface area contributed by atoms with Crippen molar-refractivity contribution in [3.63, 3.8) is 0 Å². The highest BCUT2D eigenvalue weighted by atomic mass is 16.5. The lowest BCUT2D eigenvalue weighted by Gasteiger charge is -2.32. The first kappa shape index (κ1) is 14.8. The van der Waals surface area contributed by atoms with Crippen molar-refractivity contribution in [3.8, 4) is 5.75 Å². The van der Waals surface area contributed by atoms with Crippen LogP contribution in [0.3, 0.4) is 0 Å². The van der Waals surface area contributed by atoms with Crippen molar-refractivity contribution in [3.05, 3.63) is 29.3 Å². The summed E-state index contributed by atoms with van der Waals surface area (Å²) in [4.78, 5) is 14.1. The molecule has 1 aromatic rings. The molecular weight excluding hydrogens is 256 g/mol. The maximum atomic E-state index is 12.3. The van der Waals surface area contributed by atoms with Gasteiger partial charge in [0.2, 0.25) is 0 Å². The van der Waals surface area contributed by atoms with Crippen LogP contribution in [0.1, 0.15) is 28.8 Å². The van der Waals surface area contributed by atoms with Crippen molar-refractivity contribution in [1.82, 2.24) is 4.90 Å². The lowest BCUT2D eigenvalue weighted by Crippen LogP contribution is -2.41. The van der Waals surface area contributed by atoms with Crippen LogP contribution in [0.4, 0.5) is 0 Å². The normalized spacial score (nSPS) is 16.4. The Labute approximate surface area is 119 Å². The molecule has 20 heavy (non-hydrogen) atoms. The smallest absolute Gasteiger partial charge is 0.253 e. The van der Waals surface area contributed by atoms with Crippen LogP contribution in [-0.2, 0) is 4.74 Å². The third-order valence-electron chi connectivity index (χ3n) is 3.66. The van der Waals surface area contributed by atoms with Gasteiger partial charge >= 0.3 is 0 Å². The van der Waals surface area contributed by atoms with Gasteiger partial charge < -0.3 is 20.5 Å². The van der Waals surface area contributed by atoms with Gasteiger partial charge in [-0.2, -0.15) is 0 Å². The molecule has 0 saturated carbocycles. The summed E-state index contributed by atoms with van der Waals surface area (Å²) >= 11 is 0. The number of carbonyl (C=O) groups excluding carboxylic acids is 1. The zero-order valence-corrected chi connectivity index (χ0v) is 11.8. The molecule has 1 amide bonds. The average molecular weight is 278 g/mol. The number of amides is 1. The molecule has 1 saturated heterocycles. The number of phenolic OH excluding ortho intramolecular Hbond substituents is 1. The first-order chi connectivity index (χ1) is 9.61. The number of phenols is 1. The third-order valence-corrected chi connectivity index (χ3v) is 3.66. The van der Waals surface area contributed by atoms with Crippen LogP contribution < -0.4 is 5.73 Å². The van der Waals surface area contributed by atoms with Gasteiger partial charge in [-0.25, -0.2) is 0 Å². The van der Waals surface area contributed by atoms with E-state index in [1.807, 2.05) is 11.8 Å². The number of benzene rings is 1. The van der Waals surface area contributed by atoms with Gasteiger partial charge in [-0.1, -0.05) is 6.07 Å². The second-order valence-electron chi connectivity index (χ2n) is 5.15. The Morgan fingerprint density at radius 2 is 2.15 bits per heavy atom. The van der Waals surface area contributed by atoms with E-state index in [2.05, 4.69) is 0 Å². The largest absolute Gasteiger partial charge is 0.508 e. The van der Waals surface area contributed by atoms with Crippen molar-refractivity contribution >= 4 is 5.91 Å². The number of rotatable bonds is 4. The van der Waals surface area contributed by atoms with E-state index in [0.717, 1.165) is 18.4 Å². The lowest BCUT2D eigenvalue weighted by atomic mass is 10.1. The molecular formula is C15H22N2O3. The van der Waals surface area contributed by atoms with Gasteiger partial charge in [-0.3, -0.25) is 4.79 Å². The summed E-state index contributed by atoms with van der Waals surface area (Å²) in [6.45, 7) is 4.28. The number of nitrogens with zero attached hydrogens (tertiary/aromatic N) is 1. The van der Waals surface area contributed by atoms with Gasteiger partial charge in [0.05, 0.1) is 12.7 Å². The Balaban J connectivity index is 1.92. The summed E-state index contributed by atoms with van der Waals surface area (Å²) in [7, 11) is 0. The molecule has 0 unspecified atom stereocenters. The molecule has 5 nitrogen and oxygen atoms in total. The zero-order valence-electron chi connectivity index (χ0n) is 11.8. The predicted molar refractivity (Wildman–Crippen MR) is 76.8 cm³/mol. The molecule has 110 valence electrons. The molecule has 0 atom stereocenters. The number of nitrogens with two attached hydrogens (primary N) is 1. The van der Waals surface area contributed by atoms with Crippen LogP contribution in [-0.4, -0.2) is 48.3 Å². The first-order valence-electron chi connectivity index (χ1n) is 7.02. The molecule has 0 aromatic heterocycles. The molecule has 1 aromatic carbocycles. The van der Waals surface area contributed by atoms with Gasteiger partial charge in [-0.05, 0) is 37.5 Å². The molecule has 2 rings (SSSR count). The molecule has 0 bridgehead atoms. The van der Waals surface area contributed by atoms with Gasteiger partial charge in [0, 0.05) is 25.2 Å². The summed E-state index contributed by atoms with van der Waals surface area (Å²) in [5.41, 5.74) is 6.72. The van der Waals surface area contributed by atoms with Crippen LogP contribution in [0.25, 0.3) is 0 Å². The quantitative estimate of drug-likeness (QED) is 0.870. The number of aryl methyl sites for hydroxylation is 1. The fraction of sp³-hybridized carbons (Fsp3) is 0.533. The minimum Gasteiger partial charge on any atom is -0.508 e. The number of aromatic hydroxyl groups is 1. The number of carbonyl (C=O) groups is 1. The Hall–Kier alpha value is -1.59. The predicted octanol–water partition coefficient (Wildman–Crippen LogP) is 1.28. The summed E-state index contributed by atoms with van der Waals surface area (Å²) in [6.07, 6.45) is 1.88. The highest BCUT2D eigenvalue weighted by Crippen LogP contribution is 2.21. The summed E-state index contributed by atoms with van der Waals surface area (Å²) < 4.78 is 5.60. The first-order valence-corrected chi connectivity index (χ1v) is 7.02. The van der Waals surface area contributed by atoms with Crippen molar-refractivity contribution < 1.29 is 14.6 Å². The molecule has 1 fully saturated rings. The maximum absolute atomic E-state index is 12.3. The van der Waals surface area contributed by atoms with Crippen molar-refractivity contribution in [1.29, 1.82) is 0 Å². The van der Waals surface area contributed by atoms with Crippen molar-refractivity contribution in [2.24, 2.45) is 5.73 Å². The highest BCUT2D eigenvalue weighted by Gasteiger charge is 2.24. The molecule has 1 aliphatic rings. The van der Waals surface area contributed by atoms with E-state index in [1.54, 1.807) is 12.1 Å². The number of hydrogen-bond acceptors (Lipinski definition) is 4. The molecule has 0 spiro atoms. The second kappa shape index (κ2) is 6.72. The Kier molecular flexibility index (Phi) is 4.98. The minimum atomic E-state index is -0.0300. The summed E-state index contributed by atoms with van der Waals surface area (Å²) in [5.74, 6) is 0.134. The van der Waals surface area contributed by atoms with Gasteiger partial charge in [0.25, 0.3) is 5.91 Å². The van der Waals surface area contributed by atoms with Crippen LogP contribution >= 0.6 is 0 Å². The number of piperidine rings is 1. The van der Waals surface area contributed by atoms with E-state index in [4.69, 9.17) is 10.5 Å². The van der Waals surface area contributed by atoms with Crippen LogP contribution in [0.15, 0.2) is 18.2 Å². The number of likely N-dealkylation sites (tertiary alicyclic amines) is 1. The van der Waals surface area contributed by atoms with E-state index >= 15 is 0 Å². The topological polar surface area (TPSA) is 75.8 Å². The molecule has 1 heterocycles. The van der Waals surface area contributed by atoms with E-state index < -0.39 is 0 Å². The lowest BCUT2D eigenvalue weighted by molar-refractivity contribution is 0.0121. The van der Waals surface area contributed by atoms with E-state index in [0.29, 0.717) is 31.8 Å². The van der Waals surface area contributed by atoms with Crippen LogP contribution in [0.5, 0.6) is 5.75 Å². The van der Waals surface area contributed by atoms with Gasteiger partial charge in [0.1, 0.15) is 5.75 Å². The second-order valence-corrected chi connectivity index (χ2v) is 5.15. The highest BCUT2D eigenvalue weighted by molar-refractivity contribution is 5.94. The summed E-state index contributed by atoms with van der Waals surface area (Å²) in [6, 6.07) is 5.06. The van der Waals surface area contributed by atoms with Crippen LogP contribution in [0.2, 0.25) is 0 Å². The molecule has 5 heteroatoms. The van der Waals surface area contributed by atoms with Gasteiger partial charge in [-0.15, -0.1) is 0 Å². The Morgan fingerprint density at radius 3 is 2.75 bits per heavy atom. The standard InChI is InChI=1S/C15H22N2O3/c1-11-2-3-12(10-14(11)18)15(19)17-7-4-13(5-8-17)20-9-6-16/h2-3,10,13,18H,4-9,16H2,1H3. The van der Waals surface area contributed by atoms with Crippen LogP contribution in [0, 0.1) is 6.92 Å². The molecule has 0 radical (unpaired) electrons. The summed E-state index contributed by atoms with van der Waals surface area (Å²) in [5, 5.41) is 9.68. The average Bonchev–Trinajstić information content (AvgIpc) is 2.48. The Morgan fingerprint density at radius 1 is 1.45 bits per heavy atom.